The van der Waals surface area contributed by atoms with E-state index in [9.17, 15) is 14.4 Å². The van der Waals surface area contributed by atoms with Crippen LogP contribution in [0.3, 0.4) is 0 Å². The maximum Gasteiger partial charge on any atom is 0.272 e. The number of carbonyl (C=O) groups is 3. The summed E-state index contributed by atoms with van der Waals surface area (Å²) in [5.41, 5.74) is 4.05. The summed E-state index contributed by atoms with van der Waals surface area (Å²) in [5.74, 6) is -0.294. The SMILES string of the molecule is COc1ccc(CCCC(=O)N[C@@H](C)C(=O)N[C@H]2N=C(c3ccccc3)c3ccccc3N(C)C2=O)cc1. The number of amides is 3. The Labute approximate surface area is 222 Å². The zero-order chi connectivity index (χ0) is 27.1. The summed E-state index contributed by atoms with van der Waals surface area (Å²) in [4.78, 5) is 45.0. The average Bonchev–Trinajstić information content (AvgIpc) is 3.04. The van der Waals surface area contributed by atoms with Gasteiger partial charge in [-0.25, -0.2) is 4.99 Å². The Morgan fingerprint density at radius 1 is 1.00 bits per heavy atom. The van der Waals surface area contributed by atoms with Crippen LogP contribution in [0.15, 0.2) is 83.9 Å². The van der Waals surface area contributed by atoms with Gasteiger partial charge in [-0.15, -0.1) is 0 Å². The molecule has 0 unspecified atom stereocenters. The van der Waals surface area contributed by atoms with Crippen LogP contribution in [0, 0.1) is 0 Å². The van der Waals surface area contributed by atoms with Crippen LogP contribution in [0.25, 0.3) is 0 Å². The molecule has 0 aromatic heterocycles. The summed E-state index contributed by atoms with van der Waals surface area (Å²) in [6, 6.07) is 23.9. The van der Waals surface area contributed by atoms with E-state index in [0.29, 0.717) is 17.8 Å². The molecule has 3 amide bonds. The molecule has 8 heteroatoms. The fraction of sp³-hybridized carbons (Fsp3) is 0.267. The van der Waals surface area contributed by atoms with E-state index in [1.54, 1.807) is 21.1 Å². The summed E-state index contributed by atoms with van der Waals surface area (Å²) in [7, 11) is 3.28. The van der Waals surface area contributed by atoms with Gasteiger partial charge in [-0.2, -0.15) is 0 Å². The first-order valence-corrected chi connectivity index (χ1v) is 12.6. The van der Waals surface area contributed by atoms with Gasteiger partial charge in [-0.3, -0.25) is 14.4 Å². The van der Waals surface area contributed by atoms with Crippen molar-refractivity contribution in [3.63, 3.8) is 0 Å². The Balaban J connectivity index is 1.40. The number of carbonyl (C=O) groups excluding carboxylic acids is 3. The van der Waals surface area contributed by atoms with Gasteiger partial charge in [0.25, 0.3) is 5.91 Å². The van der Waals surface area contributed by atoms with E-state index in [-0.39, 0.29) is 18.2 Å². The van der Waals surface area contributed by atoms with Gasteiger partial charge in [0.1, 0.15) is 11.8 Å². The van der Waals surface area contributed by atoms with Crippen molar-refractivity contribution in [1.82, 2.24) is 10.6 Å². The molecule has 0 saturated heterocycles. The molecule has 0 aliphatic carbocycles. The van der Waals surface area contributed by atoms with Gasteiger partial charge in [0.05, 0.1) is 18.5 Å². The van der Waals surface area contributed by atoms with Crippen LogP contribution in [0.5, 0.6) is 5.75 Å². The van der Waals surface area contributed by atoms with Crippen LogP contribution in [0.1, 0.15) is 36.5 Å². The molecule has 1 heterocycles. The molecule has 0 spiro atoms. The van der Waals surface area contributed by atoms with Gasteiger partial charge in [-0.1, -0.05) is 60.7 Å². The van der Waals surface area contributed by atoms with Crippen LogP contribution in [0.4, 0.5) is 5.69 Å². The third kappa shape index (κ3) is 6.26. The second kappa shape index (κ2) is 12.2. The summed E-state index contributed by atoms with van der Waals surface area (Å²) in [6.07, 6.45) is 0.518. The number of aryl methyl sites for hydroxylation is 1. The lowest BCUT2D eigenvalue weighted by Gasteiger charge is -2.22. The normalized spacial score (nSPS) is 15.6. The molecule has 1 aliphatic rings. The maximum atomic E-state index is 13.3. The van der Waals surface area contributed by atoms with Gasteiger partial charge in [0.2, 0.25) is 18.0 Å². The van der Waals surface area contributed by atoms with Gasteiger partial charge in [0.15, 0.2) is 0 Å². The lowest BCUT2D eigenvalue weighted by Crippen LogP contribution is -2.52. The largest absolute Gasteiger partial charge is 0.497 e. The smallest absolute Gasteiger partial charge is 0.272 e. The van der Waals surface area contributed by atoms with Crippen molar-refractivity contribution >= 4 is 29.1 Å². The number of benzodiazepines with no additional fused rings is 1. The molecule has 0 saturated carbocycles. The van der Waals surface area contributed by atoms with Crippen molar-refractivity contribution in [2.45, 2.75) is 38.4 Å². The van der Waals surface area contributed by atoms with Crippen molar-refractivity contribution in [3.05, 3.63) is 95.6 Å². The number of benzene rings is 3. The Morgan fingerprint density at radius 3 is 2.39 bits per heavy atom. The zero-order valence-electron chi connectivity index (χ0n) is 21.8. The van der Waals surface area contributed by atoms with Gasteiger partial charge in [0, 0.05) is 24.6 Å². The summed E-state index contributed by atoms with van der Waals surface area (Å²) in [5, 5.41) is 5.46. The fourth-order valence-corrected chi connectivity index (χ4v) is 4.33. The molecule has 2 N–H and O–H groups in total. The van der Waals surface area contributed by atoms with Crippen LogP contribution in [-0.2, 0) is 20.8 Å². The number of ether oxygens (including phenoxy) is 1. The molecule has 4 rings (SSSR count). The van der Waals surface area contributed by atoms with Crippen molar-refractivity contribution in [2.75, 3.05) is 19.1 Å². The van der Waals surface area contributed by atoms with Gasteiger partial charge >= 0.3 is 0 Å². The number of rotatable bonds is 9. The van der Waals surface area contributed by atoms with E-state index in [1.807, 2.05) is 78.9 Å². The summed E-state index contributed by atoms with van der Waals surface area (Å²) >= 11 is 0. The molecule has 2 atom stereocenters. The first-order chi connectivity index (χ1) is 18.4. The number of likely N-dealkylation sites (N-methyl/N-ethyl adjacent to an activating group) is 1. The molecule has 0 radical (unpaired) electrons. The lowest BCUT2D eigenvalue weighted by atomic mass is 10.0. The third-order valence-electron chi connectivity index (χ3n) is 6.47. The molecule has 8 nitrogen and oxygen atoms in total. The Kier molecular flexibility index (Phi) is 8.53. The minimum atomic E-state index is -1.13. The van der Waals surface area contributed by atoms with Crippen LogP contribution < -0.4 is 20.3 Å². The number of nitrogens with zero attached hydrogens (tertiary/aromatic N) is 2. The molecule has 196 valence electrons. The predicted octanol–water partition coefficient (Wildman–Crippen LogP) is 3.48. The highest BCUT2D eigenvalue weighted by Gasteiger charge is 2.32. The van der Waals surface area contributed by atoms with Crippen LogP contribution in [-0.4, -0.2) is 49.8 Å². The number of anilines is 1. The van der Waals surface area contributed by atoms with E-state index in [0.717, 1.165) is 28.9 Å². The minimum absolute atomic E-state index is 0.230. The van der Waals surface area contributed by atoms with E-state index >= 15 is 0 Å². The molecule has 1 aliphatic heterocycles. The van der Waals surface area contributed by atoms with E-state index in [4.69, 9.17) is 4.74 Å². The van der Waals surface area contributed by atoms with E-state index in [1.165, 1.54) is 4.90 Å². The second-order valence-corrected chi connectivity index (χ2v) is 9.16. The first kappa shape index (κ1) is 26.6. The van der Waals surface area contributed by atoms with Crippen molar-refractivity contribution in [3.8, 4) is 5.75 Å². The molecule has 3 aromatic carbocycles. The van der Waals surface area contributed by atoms with Crippen molar-refractivity contribution in [2.24, 2.45) is 4.99 Å². The highest BCUT2D eigenvalue weighted by Crippen LogP contribution is 2.27. The van der Waals surface area contributed by atoms with E-state index in [2.05, 4.69) is 15.6 Å². The lowest BCUT2D eigenvalue weighted by molar-refractivity contribution is -0.130. The number of hydrogen-bond donors (Lipinski definition) is 2. The second-order valence-electron chi connectivity index (χ2n) is 9.16. The number of fused-ring (bicyclic) bond motifs is 1. The average molecular weight is 513 g/mol. The Morgan fingerprint density at radius 2 is 1.68 bits per heavy atom. The Bertz CT molecular complexity index is 1320. The molecule has 0 fully saturated rings. The van der Waals surface area contributed by atoms with Crippen molar-refractivity contribution < 1.29 is 19.1 Å². The third-order valence-corrected chi connectivity index (χ3v) is 6.47. The minimum Gasteiger partial charge on any atom is -0.497 e. The standard InChI is InChI=1S/C30H32N4O4/c1-20(31-26(35)15-9-10-21-16-18-23(38-3)19-17-21)29(36)33-28-30(37)34(2)25-14-8-7-13-24(25)27(32-28)22-11-5-4-6-12-22/h4-8,11-14,16-20,28H,9-10,15H2,1-3H3,(H,31,35)(H,33,36)/t20-,28+/m0/s1. The molecular weight excluding hydrogens is 480 g/mol. The topological polar surface area (TPSA) is 100 Å². The number of hydrogen-bond acceptors (Lipinski definition) is 5. The van der Waals surface area contributed by atoms with Crippen molar-refractivity contribution in [1.29, 1.82) is 0 Å². The van der Waals surface area contributed by atoms with Gasteiger partial charge < -0.3 is 20.3 Å². The maximum absolute atomic E-state index is 13.3. The fourth-order valence-electron chi connectivity index (χ4n) is 4.33. The predicted molar refractivity (Wildman–Crippen MR) is 147 cm³/mol. The molecule has 0 bridgehead atoms. The monoisotopic (exact) mass is 512 g/mol. The Hall–Kier alpha value is -4.46. The quantitative estimate of drug-likeness (QED) is 0.459. The number of para-hydroxylation sites is 1. The highest BCUT2D eigenvalue weighted by molar-refractivity contribution is 6.20. The van der Waals surface area contributed by atoms with E-state index < -0.39 is 18.1 Å². The number of aliphatic imine (C=N–C) groups is 1. The number of nitrogens with one attached hydrogen (secondary N) is 2. The number of methoxy groups -OCH3 is 1. The van der Waals surface area contributed by atoms with Crippen LogP contribution >= 0.6 is 0 Å². The zero-order valence-corrected chi connectivity index (χ0v) is 21.8. The van der Waals surface area contributed by atoms with Gasteiger partial charge in [-0.05, 0) is 43.5 Å². The molecular formula is C30H32N4O4. The molecule has 3 aromatic rings. The summed E-state index contributed by atoms with van der Waals surface area (Å²) in [6.45, 7) is 1.60. The highest BCUT2D eigenvalue weighted by atomic mass is 16.5. The first-order valence-electron chi connectivity index (χ1n) is 12.6. The molecule has 38 heavy (non-hydrogen) atoms. The van der Waals surface area contributed by atoms with Crippen LogP contribution in [0.2, 0.25) is 0 Å². The summed E-state index contributed by atoms with van der Waals surface area (Å²) < 4.78 is 5.16.